The number of amides is 1. The molecule has 6 heteroatoms. The van der Waals surface area contributed by atoms with Crippen molar-refractivity contribution in [2.24, 2.45) is 0 Å². The number of carbonyl (C=O) groups is 2. The van der Waals surface area contributed by atoms with Gasteiger partial charge in [0, 0.05) is 18.1 Å². The van der Waals surface area contributed by atoms with Crippen LogP contribution in [0.5, 0.6) is 0 Å². The number of esters is 1. The van der Waals surface area contributed by atoms with Gasteiger partial charge in [-0.1, -0.05) is 25.5 Å². The summed E-state index contributed by atoms with van der Waals surface area (Å²) in [5, 5.41) is 2.68. The van der Waals surface area contributed by atoms with E-state index in [4.69, 9.17) is 4.74 Å². The van der Waals surface area contributed by atoms with Crippen molar-refractivity contribution in [1.82, 2.24) is 9.97 Å². The van der Waals surface area contributed by atoms with Crippen LogP contribution in [-0.2, 0) is 16.0 Å². The largest absolute Gasteiger partial charge is 0.451 e. The van der Waals surface area contributed by atoms with E-state index in [2.05, 4.69) is 22.2 Å². The van der Waals surface area contributed by atoms with Crippen LogP contribution in [-0.4, -0.2) is 28.5 Å². The number of aromatic nitrogens is 2. The number of aryl methyl sites for hydroxylation is 1. The third kappa shape index (κ3) is 5.50. The number of unbranched alkanes of at least 4 members (excludes halogenated alkanes) is 1. The monoisotopic (exact) mass is 313 g/mol. The number of benzene rings is 1. The lowest BCUT2D eigenvalue weighted by Gasteiger charge is -2.07. The van der Waals surface area contributed by atoms with E-state index in [0.717, 1.165) is 19.3 Å². The predicted molar refractivity (Wildman–Crippen MR) is 86.0 cm³/mol. The summed E-state index contributed by atoms with van der Waals surface area (Å²) in [6, 6.07) is 7.65. The van der Waals surface area contributed by atoms with Crippen LogP contribution in [0.4, 0.5) is 5.69 Å². The molecule has 0 atom stereocenters. The minimum Gasteiger partial charge on any atom is -0.451 e. The standard InChI is InChI=1S/C17H19N3O3/c1-2-3-4-13-5-7-14(8-6-13)20-16(21)12-23-17(22)15-11-18-9-10-19-15/h5-11H,2-4,12H2,1H3,(H,20,21). The van der Waals surface area contributed by atoms with Gasteiger partial charge in [0.1, 0.15) is 0 Å². The molecule has 0 aliphatic rings. The molecule has 0 fully saturated rings. The summed E-state index contributed by atoms with van der Waals surface area (Å²) in [7, 11) is 0. The van der Waals surface area contributed by atoms with Gasteiger partial charge < -0.3 is 10.1 Å². The molecule has 2 aromatic rings. The zero-order chi connectivity index (χ0) is 16.5. The Kier molecular flexibility index (Phi) is 6.23. The van der Waals surface area contributed by atoms with E-state index in [1.165, 1.54) is 24.2 Å². The lowest BCUT2D eigenvalue weighted by Crippen LogP contribution is -2.21. The summed E-state index contributed by atoms with van der Waals surface area (Å²) < 4.78 is 4.89. The summed E-state index contributed by atoms with van der Waals surface area (Å²) in [5.74, 6) is -1.08. The fraction of sp³-hybridized carbons (Fsp3) is 0.294. The molecule has 6 nitrogen and oxygen atoms in total. The van der Waals surface area contributed by atoms with Crippen molar-refractivity contribution in [3.63, 3.8) is 0 Å². The summed E-state index contributed by atoms with van der Waals surface area (Å²) in [6.45, 7) is 1.78. The Labute approximate surface area is 134 Å². The first-order valence-electron chi connectivity index (χ1n) is 7.51. The third-order valence-corrected chi connectivity index (χ3v) is 3.16. The molecule has 1 aromatic heterocycles. The van der Waals surface area contributed by atoms with E-state index in [1.807, 2.05) is 24.3 Å². The lowest BCUT2D eigenvalue weighted by atomic mass is 10.1. The van der Waals surface area contributed by atoms with Crippen molar-refractivity contribution < 1.29 is 14.3 Å². The van der Waals surface area contributed by atoms with Gasteiger partial charge in [0.15, 0.2) is 12.3 Å². The minimum absolute atomic E-state index is 0.0700. The Bertz CT molecular complexity index is 642. The highest BCUT2D eigenvalue weighted by Gasteiger charge is 2.11. The van der Waals surface area contributed by atoms with Gasteiger partial charge >= 0.3 is 5.97 Å². The van der Waals surface area contributed by atoms with Gasteiger partial charge in [0.25, 0.3) is 5.91 Å². The summed E-state index contributed by atoms with van der Waals surface area (Å²) in [6.07, 6.45) is 7.44. The minimum atomic E-state index is -0.678. The summed E-state index contributed by atoms with van der Waals surface area (Å²) in [5.41, 5.74) is 1.98. The van der Waals surface area contributed by atoms with Crippen LogP contribution >= 0.6 is 0 Å². The van der Waals surface area contributed by atoms with E-state index in [9.17, 15) is 9.59 Å². The zero-order valence-corrected chi connectivity index (χ0v) is 13.0. The number of rotatable bonds is 7. The molecule has 0 saturated heterocycles. The topological polar surface area (TPSA) is 81.2 Å². The molecule has 1 amide bonds. The molecule has 0 bridgehead atoms. The Morgan fingerprint density at radius 2 is 1.96 bits per heavy atom. The molecule has 23 heavy (non-hydrogen) atoms. The fourth-order valence-electron chi connectivity index (χ4n) is 1.94. The SMILES string of the molecule is CCCCc1ccc(NC(=O)COC(=O)c2cnccn2)cc1. The zero-order valence-electron chi connectivity index (χ0n) is 13.0. The molecular weight excluding hydrogens is 294 g/mol. The Morgan fingerprint density at radius 3 is 2.61 bits per heavy atom. The van der Waals surface area contributed by atoms with Crippen LogP contribution < -0.4 is 5.32 Å². The normalized spacial score (nSPS) is 10.1. The van der Waals surface area contributed by atoms with Crippen molar-refractivity contribution in [1.29, 1.82) is 0 Å². The van der Waals surface area contributed by atoms with E-state index >= 15 is 0 Å². The van der Waals surface area contributed by atoms with Gasteiger partial charge in [-0.05, 0) is 30.5 Å². The maximum atomic E-state index is 11.8. The maximum Gasteiger partial charge on any atom is 0.359 e. The van der Waals surface area contributed by atoms with Crippen LogP contribution in [0.2, 0.25) is 0 Å². The lowest BCUT2D eigenvalue weighted by molar-refractivity contribution is -0.119. The number of hydrogen-bond acceptors (Lipinski definition) is 5. The molecular formula is C17H19N3O3. The van der Waals surface area contributed by atoms with Gasteiger partial charge in [-0.3, -0.25) is 9.78 Å². The summed E-state index contributed by atoms with van der Waals surface area (Å²) in [4.78, 5) is 31.0. The second kappa shape index (κ2) is 8.63. The van der Waals surface area contributed by atoms with Crippen molar-refractivity contribution in [2.45, 2.75) is 26.2 Å². The van der Waals surface area contributed by atoms with Crippen LogP contribution in [0.3, 0.4) is 0 Å². The average Bonchev–Trinajstić information content (AvgIpc) is 2.60. The van der Waals surface area contributed by atoms with Crippen LogP contribution in [0.1, 0.15) is 35.8 Å². The average molecular weight is 313 g/mol. The van der Waals surface area contributed by atoms with Crippen molar-refractivity contribution in [3.05, 3.63) is 54.1 Å². The van der Waals surface area contributed by atoms with E-state index in [0.29, 0.717) is 5.69 Å². The molecule has 0 aliphatic carbocycles. The van der Waals surface area contributed by atoms with E-state index in [-0.39, 0.29) is 12.3 Å². The van der Waals surface area contributed by atoms with Crippen LogP contribution in [0, 0.1) is 0 Å². The molecule has 0 unspecified atom stereocenters. The molecule has 1 aromatic carbocycles. The quantitative estimate of drug-likeness (QED) is 0.795. The Balaban J connectivity index is 1.79. The first-order chi connectivity index (χ1) is 11.2. The predicted octanol–water partition coefficient (Wildman–Crippen LogP) is 2.61. The smallest absolute Gasteiger partial charge is 0.359 e. The third-order valence-electron chi connectivity index (χ3n) is 3.16. The maximum absolute atomic E-state index is 11.8. The Hall–Kier alpha value is -2.76. The number of ether oxygens (including phenoxy) is 1. The molecule has 1 N–H and O–H groups in total. The molecule has 0 saturated carbocycles. The molecule has 2 rings (SSSR count). The van der Waals surface area contributed by atoms with Gasteiger partial charge in [0.05, 0.1) is 6.20 Å². The molecule has 0 radical (unpaired) electrons. The first kappa shape index (κ1) is 16.6. The first-order valence-corrected chi connectivity index (χ1v) is 7.51. The molecule has 0 aliphatic heterocycles. The van der Waals surface area contributed by atoms with Crippen molar-refractivity contribution >= 4 is 17.6 Å². The Morgan fingerprint density at radius 1 is 1.17 bits per heavy atom. The number of anilines is 1. The number of nitrogens with one attached hydrogen (secondary N) is 1. The van der Waals surface area contributed by atoms with Gasteiger partial charge in [0.2, 0.25) is 0 Å². The van der Waals surface area contributed by atoms with Crippen LogP contribution in [0.25, 0.3) is 0 Å². The fourth-order valence-corrected chi connectivity index (χ4v) is 1.94. The van der Waals surface area contributed by atoms with Gasteiger partial charge in [-0.25, -0.2) is 9.78 Å². The van der Waals surface area contributed by atoms with E-state index in [1.54, 1.807) is 0 Å². The highest BCUT2D eigenvalue weighted by Crippen LogP contribution is 2.11. The number of hydrogen-bond donors (Lipinski definition) is 1. The van der Waals surface area contributed by atoms with Crippen molar-refractivity contribution in [2.75, 3.05) is 11.9 Å². The molecule has 0 spiro atoms. The second-order valence-electron chi connectivity index (χ2n) is 5.02. The van der Waals surface area contributed by atoms with E-state index < -0.39 is 11.9 Å². The number of nitrogens with zero attached hydrogens (tertiary/aromatic N) is 2. The van der Waals surface area contributed by atoms with Crippen LogP contribution in [0.15, 0.2) is 42.9 Å². The molecule has 1 heterocycles. The summed E-state index contributed by atoms with van der Waals surface area (Å²) >= 11 is 0. The highest BCUT2D eigenvalue weighted by molar-refractivity contribution is 5.94. The second-order valence-corrected chi connectivity index (χ2v) is 5.02. The van der Waals surface area contributed by atoms with Gasteiger partial charge in [-0.15, -0.1) is 0 Å². The molecule has 120 valence electrons. The number of carbonyl (C=O) groups excluding carboxylic acids is 2. The van der Waals surface area contributed by atoms with Gasteiger partial charge in [-0.2, -0.15) is 0 Å². The van der Waals surface area contributed by atoms with Crippen molar-refractivity contribution in [3.8, 4) is 0 Å². The highest BCUT2D eigenvalue weighted by atomic mass is 16.5.